The maximum Gasteiger partial charge on any atom is 0.253 e. The van der Waals surface area contributed by atoms with Gasteiger partial charge in [-0.2, -0.15) is 11.8 Å². The van der Waals surface area contributed by atoms with Crippen LogP contribution in [-0.4, -0.2) is 34.4 Å². The molecule has 1 saturated heterocycles. The van der Waals surface area contributed by atoms with Crippen LogP contribution in [0.4, 0.5) is 0 Å². The van der Waals surface area contributed by atoms with Gasteiger partial charge in [0.1, 0.15) is 0 Å². The zero-order valence-corrected chi connectivity index (χ0v) is 12.6. The number of hydrogen-bond acceptors (Lipinski definition) is 3. The molecule has 1 aliphatic heterocycles. The van der Waals surface area contributed by atoms with Crippen molar-refractivity contribution in [2.75, 3.05) is 18.8 Å². The highest BCUT2D eigenvalue weighted by Crippen LogP contribution is 2.31. The third-order valence-electron chi connectivity index (χ3n) is 3.24. The van der Waals surface area contributed by atoms with Crippen LogP contribution < -0.4 is 0 Å². The summed E-state index contributed by atoms with van der Waals surface area (Å²) in [6, 6.07) is 7.45. The Bertz CT molecular complexity index is 428. The Morgan fingerprint density at radius 3 is 2.61 bits per heavy atom. The summed E-state index contributed by atoms with van der Waals surface area (Å²) in [5.74, 6) is 1.16. The molecule has 1 amide bonds. The molecule has 0 aromatic heterocycles. The normalized spacial score (nSPS) is 19.4. The Hall–Kier alpha value is -0.610. The fourth-order valence-electron chi connectivity index (χ4n) is 2.01. The van der Waals surface area contributed by atoms with Gasteiger partial charge >= 0.3 is 0 Å². The van der Waals surface area contributed by atoms with E-state index in [0.717, 1.165) is 35.7 Å². The minimum atomic E-state index is 0.140. The lowest BCUT2D eigenvalue weighted by Gasteiger charge is -2.22. The van der Waals surface area contributed by atoms with Gasteiger partial charge in [0.2, 0.25) is 0 Å². The first kappa shape index (κ1) is 13.8. The lowest BCUT2D eigenvalue weighted by Crippen LogP contribution is -2.33. The Morgan fingerprint density at radius 2 is 1.94 bits per heavy atom. The summed E-state index contributed by atoms with van der Waals surface area (Å²) in [5, 5.41) is 0. The minimum absolute atomic E-state index is 0.140. The molecule has 1 aliphatic rings. The van der Waals surface area contributed by atoms with Crippen molar-refractivity contribution in [2.45, 2.75) is 29.9 Å². The highest BCUT2D eigenvalue weighted by molar-refractivity contribution is 8.00. The summed E-state index contributed by atoms with van der Waals surface area (Å²) in [7, 11) is 0. The molecule has 1 heterocycles. The predicted molar refractivity (Wildman–Crippen MR) is 80.8 cm³/mol. The molecule has 0 radical (unpaired) electrons. The first-order valence-corrected chi connectivity index (χ1v) is 7.63. The molecule has 18 heavy (non-hydrogen) atoms. The molecule has 98 valence electrons. The van der Waals surface area contributed by atoms with Crippen molar-refractivity contribution >= 4 is 30.3 Å². The number of amides is 1. The topological polar surface area (TPSA) is 20.3 Å². The van der Waals surface area contributed by atoms with E-state index in [9.17, 15) is 4.79 Å². The maximum absolute atomic E-state index is 12.4. The van der Waals surface area contributed by atoms with Gasteiger partial charge < -0.3 is 4.90 Å². The van der Waals surface area contributed by atoms with Crippen molar-refractivity contribution in [2.24, 2.45) is 0 Å². The molecule has 2 rings (SSSR count). The Morgan fingerprint density at radius 1 is 1.28 bits per heavy atom. The van der Waals surface area contributed by atoms with E-state index in [1.165, 1.54) is 0 Å². The highest BCUT2D eigenvalue weighted by atomic mass is 32.2. The van der Waals surface area contributed by atoms with Crippen LogP contribution >= 0.6 is 24.4 Å². The number of carbonyl (C=O) groups excluding carboxylic acids is 1. The average molecular weight is 281 g/mol. The molecule has 0 saturated carbocycles. The Kier molecular flexibility index (Phi) is 4.28. The monoisotopic (exact) mass is 281 g/mol. The van der Waals surface area contributed by atoms with Crippen LogP contribution in [0.15, 0.2) is 29.2 Å². The number of nitrogens with zero attached hydrogens (tertiary/aromatic N) is 1. The number of carbonyl (C=O) groups is 1. The van der Waals surface area contributed by atoms with Crippen molar-refractivity contribution < 1.29 is 4.79 Å². The SMILES string of the molecule is CC1(C)CCN(C(=O)c2ccc(S)cc2)CCS1. The lowest BCUT2D eigenvalue weighted by molar-refractivity contribution is 0.0764. The molecule has 0 unspecified atom stereocenters. The van der Waals surface area contributed by atoms with Gasteiger partial charge in [-0.25, -0.2) is 0 Å². The van der Waals surface area contributed by atoms with Gasteiger partial charge in [-0.3, -0.25) is 4.79 Å². The van der Waals surface area contributed by atoms with Crippen molar-refractivity contribution in [3.63, 3.8) is 0 Å². The zero-order valence-electron chi connectivity index (χ0n) is 10.8. The molecule has 0 spiro atoms. The smallest absolute Gasteiger partial charge is 0.253 e. The van der Waals surface area contributed by atoms with Crippen LogP contribution in [0.2, 0.25) is 0 Å². The van der Waals surface area contributed by atoms with Gasteiger partial charge in [0.25, 0.3) is 5.91 Å². The molecule has 1 fully saturated rings. The zero-order chi connectivity index (χ0) is 13.2. The molecule has 4 heteroatoms. The van der Waals surface area contributed by atoms with Gasteiger partial charge in [0.05, 0.1) is 0 Å². The maximum atomic E-state index is 12.4. The van der Waals surface area contributed by atoms with Crippen molar-refractivity contribution in [3.05, 3.63) is 29.8 Å². The van der Waals surface area contributed by atoms with E-state index in [-0.39, 0.29) is 10.7 Å². The molecule has 0 atom stereocenters. The summed E-state index contributed by atoms with van der Waals surface area (Å²) in [6.45, 7) is 6.19. The number of benzene rings is 1. The number of thioether (sulfide) groups is 1. The van der Waals surface area contributed by atoms with Crippen molar-refractivity contribution in [1.29, 1.82) is 0 Å². The van der Waals surface area contributed by atoms with Crippen LogP contribution in [0.1, 0.15) is 30.6 Å². The third kappa shape index (κ3) is 3.45. The third-order valence-corrected chi connectivity index (χ3v) is 4.91. The second-order valence-electron chi connectivity index (χ2n) is 5.20. The summed E-state index contributed by atoms with van der Waals surface area (Å²) in [5.41, 5.74) is 0.762. The standard InChI is InChI=1S/C14H19NOS2/c1-14(2)7-8-15(9-10-18-14)13(16)11-3-5-12(17)6-4-11/h3-6,17H,7-10H2,1-2H3. The summed E-state index contributed by atoms with van der Waals surface area (Å²) >= 11 is 6.19. The first-order valence-electron chi connectivity index (χ1n) is 6.20. The fourth-order valence-corrected chi connectivity index (χ4v) is 3.26. The van der Waals surface area contributed by atoms with E-state index < -0.39 is 0 Å². The molecule has 2 nitrogen and oxygen atoms in total. The van der Waals surface area contributed by atoms with Gasteiger partial charge in [-0.05, 0) is 30.7 Å². The molecule has 0 aliphatic carbocycles. The summed E-state index contributed by atoms with van der Waals surface area (Å²) < 4.78 is 0.282. The van der Waals surface area contributed by atoms with Crippen LogP contribution in [0.5, 0.6) is 0 Å². The number of thiol groups is 1. The quantitative estimate of drug-likeness (QED) is 0.797. The second-order valence-corrected chi connectivity index (χ2v) is 7.52. The Labute approximate surface area is 119 Å². The van der Waals surface area contributed by atoms with E-state index in [2.05, 4.69) is 26.5 Å². The van der Waals surface area contributed by atoms with Crippen LogP contribution in [-0.2, 0) is 0 Å². The lowest BCUT2D eigenvalue weighted by atomic mass is 10.1. The van der Waals surface area contributed by atoms with E-state index in [4.69, 9.17) is 0 Å². The molecule has 0 bridgehead atoms. The van der Waals surface area contributed by atoms with Gasteiger partial charge in [-0.1, -0.05) is 13.8 Å². The van der Waals surface area contributed by atoms with E-state index in [0.29, 0.717) is 0 Å². The fraction of sp³-hybridized carbons (Fsp3) is 0.500. The number of rotatable bonds is 1. The number of hydrogen-bond donors (Lipinski definition) is 1. The Balaban J connectivity index is 2.07. The molecular formula is C14H19NOS2. The average Bonchev–Trinajstić information content (AvgIpc) is 2.50. The van der Waals surface area contributed by atoms with Gasteiger partial charge in [0, 0.05) is 34.0 Å². The molecular weight excluding hydrogens is 262 g/mol. The van der Waals surface area contributed by atoms with Crippen LogP contribution in [0, 0.1) is 0 Å². The van der Waals surface area contributed by atoms with E-state index in [1.54, 1.807) is 0 Å². The second kappa shape index (κ2) is 5.57. The van der Waals surface area contributed by atoms with Crippen LogP contribution in [0.25, 0.3) is 0 Å². The molecule has 1 aromatic carbocycles. The minimum Gasteiger partial charge on any atom is -0.338 e. The van der Waals surface area contributed by atoms with Gasteiger partial charge in [0.15, 0.2) is 0 Å². The summed E-state index contributed by atoms with van der Waals surface area (Å²) in [4.78, 5) is 15.2. The first-order chi connectivity index (χ1) is 8.48. The predicted octanol–water partition coefficient (Wildman–Crippen LogP) is 3.33. The van der Waals surface area contributed by atoms with Crippen LogP contribution in [0.3, 0.4) is 0 Å². The van der Waals surface area contributed by atoms with E-state index in [1.807, 2.05) is 40.9 Å². The van der Waals surface area contributed by atoms with E-state index >= 15 is 0 Å². The van der Waals surface area contributed by atoms with Gasteiger partial charge in [-0.15, -0.1) is 12.6 Å². The highest BCUT2D eigenvalue weighted by Gasteiger charge is 2.26. The molecule has 0 N–H and O–H groups in total. The molecule has 1 aromatic rings. The largest absolute Gasteiger partial charge is 0.338 e. The van der Waals surface area contributed by atoms with Crippen molar-refractivity contribution in [1.82, 2.24) is 4.90 Å². The summed E-state index contributed by atoms with van der Waals surface area (Å²) in [6.07, 6.45) is 1.05. The van der Waals surface area contributed by atoms with Crippen molar-refractivity contribution in [3.8, 4) is 0 Å².